The summed E-state index contributed by atoms with van der Waals surface area (Å²) in [4.78, 5) is 0. The summed E-state index contributed by atoms with van der Waals surface area (Å²) in [5, 5.41) is 3.40. The van der Waals surface area contributed by atoms with E-state index in [0.29, 0.717) is 5.92 Å². The summed E-state index contributed by atoms with van der Waals surface area (Å²) >= 11 is 0. The highest BCUT2D eigenvalue weighted by Gasteiger charge is 2.45. The van der Waals surface area contributed by atoms with Gasteiger partial charge in [-0.1, -0.05) is 95.1 Å². The highest BCUT2D eigenvalue weighted by molar-refractivity contribution is 7.07. The fourth-order valence-electron chi connectivity index (χ4n) is 5.25. The molecule has 28 heavy (non-hydrogen) atoms. The van der Waals surface area contributed by atoms with Crippen LogP contribution in [0.15, 0.2) is 42.0 Å². The lowest BCUT2D eigenvalue weighted by Crippen LogP contribution is -2.39. The molecule has 0 nitrogen and oxygen atoms in total. The summed E-state index contributed by atoms with van der Waals surface area (Å²) < 4.78 is 0. The largest absolute Gasteiger partial charge is 0.113 e. The fourth-order valence-corrected chi connectivity index (χ4v) is 8.81. The zero-order valence-corrected chi connectivity index (χ0v) is 19.4. The van der Waals surface area contributed by atoms with Gasteiger partial charge in [-0.15, -0.1) is 0 Å². The number of hydrogen-bond donors (Lipinski definition) is 0. The zero-order valence-electron chi connectivity index (χ0n) is 18.4. The molecule has 1 heteroatoms. The van der Waals surface area contributed by atoms with Crippen molar-refractivity contribution in [1.82, 2.24) is 0 Å². The molecule has 4 rings (SSSR count). The van der Waals surface area contributed by atoms with Gasteiger partial charge in [-0.25, -0.2) is 0 Å². The third-order valence-electron chi connectivity index (χ3n) is 7.12. The first kappa shape index (κ1) is 19.7. The van der Waals surface area contributed by atoms with Crippen LogP contribution in [0.1, 0.15) is 81.9 Å². The molecule has 1 radical (unpaired) electrons. The Labute approximate surface area is 173 Å². The molecular weight excluding hydrogens is 352 g/mol. The van der Waals surface area contributed by atoms with Crippen molar-refractivity contribution in [2.24, 2.45) is 0 Å². The predicted molar refractivity (Wildman–Crippen MR) is 127 cm³/mol. The normalized spacial score (nSPS) is 17.5. The Kier molecular flexibility index (Phi) is 5.40. The van der Waals surface area contributed by atoms with Gasteiger partial charge in [-0.05, 0) is 63.4 Å². The smallest absolute Gasteiger partial charge is 0.0654 e. The van der Waals surface area contributed by atoms with Crippen LogP contribution in [0.4, 0.5) is 0 Å². The molecule has 2 aromatic carbocycles. The number of benzene rings is 2. The molecule has 147 valence electrons. The first-order valence-electron chi connectivity index (χ1n) is 11.4. The number of fused-ring (bicyclic) bond motifs is 1. The van der Waals surface area contributed by atoms with Crippen molar-refractivity contribution >= 4 is 18.5 Å². The maximum atomic E-state index is 2.57. The molecule has 0 aromatic heterocycles. The summed E-state index contributed by atoms with van der Waals surface area (Å²) in [7, 11) is -1.59. The highest BCUT2D eigenvalue weighted by Crippen LogP contribution is 2.51. The van der Waals surface area contributed by atoms with E-state index >= 15 is 0 Å². The molecule has 1 atom stereocenters. The van der Waals surface area contributed by atoms with Crippen LogP contribution in [0.3, 0.4) is 0 Å². The standard InChI is InChI=1S/C27H35Si/c1-6-8-9-10-11-23-18-22-16-17-24-25(26(22)27(23)28(24,4)5)21-14-12-20(13-15-21)19(3)7-2/h12-19H,6-11H2,1-5H3. The fraction of sp³-hybridized carbons (Fsp3) is 0.444. The van der Waals surface area contributed by atoms with Gasteiger partial charge in [0.2, 0.25) is 0 Å². The minimum absolute atomic E-state index is 0.643. The van der Waals surface area contributed by atoms with E-state index in [2.05, 4.69) is 76.7 Å². The van der Waals surface area contributed by atoms with Crippen LogP contribution in [-0.2, 0) is 0 Å². The molecule has 0 fully saturated rings. The topological polar surface area (TPSA) is 0 Å². The van der Waals surface area contributed by atoms with Gasteiger partial charge in [0.25, 0.3) is 0 Å². The molecule has 2 aliphatic rings. The molecule has 1 heterocycles. The molecule has 1 aliphatic heterocycles. The maximum Gasteiger partial charge on any atom is 0.113 e. The van der Waals surface area contributed by atoms with Crippen molar-refractivity contribution in [2.45, 2.75) is 78.3 Å². The lowest BCUT2D eigenvalue weighted by molar-refractivity contribution is 0.667. The van der Waals surface area contributed by atoms with Gasteiger partial charge in [-0.3, -0.25) is 0 Å². The average molecular weight is 388 g/mol. The molecule has 0 saturated heterocycles. The van der Waals surface area contributed by atoms with Crippen LogP contribution in [-0.4, -0.2) is 8.07 Å². The van der Waals surface area contributed by atoms with E-state index in [9.17, 15) is 0 Å². The summed E-state index contributed by atoms with van der Waals surface area (Å²) in [5.74, 6) is 0.643. The summed E-state index contributed by atoms with van der Waals surface area (Å²) in [6.07, 6.45) is 10.4. The maximum absolute atomic E-state index is 2.57. The van der Waals surface area contributed by atoms with Gasteiger partial charge in [0.05, 0.1) is 0 Å². The average Bonchev–Trinajstić information content (AvgIpc) is 3.15. The Balaban J connectivity index is 1.73. The SMILES string of the molecule is CCCCCCC1=C2c3c(ccc(c3-c3ccc(C(C)CC)cc3)[Si]2(C)C)[CH]1. The molecule has 0 spiro atoms. The van der Waals surface area contributed by atoms with Gasteiger partial charge < -0.3 is 0 Å². The molecule has 0 N–H and O–H groups in total. The Morgan fingerprint density at radius 2 is 1.61 bits per heavy atom. The number of hydrogen-bond acceptors (Lipinski definition) is 0. The van der Waals surface area contributed by atoms with Crippen LogP contribution >= 0.6 is 0 Å². The Morgan fingerprint density at radius 1 is 0.857 bits per heavy atom. The molecule has 2 aromatic rings. The van der Waals surface area contributed by atoms with E-state index in [1.807, 2.05) is 0 Å². The molecule has 1 unspecified atom stereocenters. The third kappa shape index (κ3) is 3.12. The third-order valence-corrected chi connectivity index (χ3v) is 10.7. The summed E-state index contributed by atoms with van der Waals surface area (Å²) in [6, 6.07) is 14.3. The van der Waals surface area contributed by atoms with E-state index in [4.69, 9.17) is 0 Å². The summed E-state index contributed by atoms with van der Waals surface area (Å²) in [6.45, 7) is 12.0. The molecule has 2 bridgehead atoms. The second-order valence-electron chi connectivity index (χ2n) is 9.36. The van der Waals surface area contributed by atoms with E-state index in [0.717, 1.165) is 0 Å². The van der Waals surface area contributed by atoms with Gasteiger partial charge in [-0.2, -0.15) is 0 Å². The Bertz CT molecular complexity index is 899. The number of unbranched alkanes of at least 4 members (excludes halogenated alkanes) is 3. The lowest BCUT2D eigenvalue weighted by atomic mass is 9.93. The van der Waals surface area contributed by atoms with Gasteiger partial charge >= 0.3 is 0 Å². The van der Waals surface area contributed by atoms with Crippen molar-refractivity contribution < 1.29 is 0 Å². The van der Waals surface area contributed by atoms with Gasteiger partial charge in [0.1, 0.15) is 8.07 Å². The molecule has 1 aliphatic carbocycles. The Hall–Kier alpha value is -1.60. The van der Waals surface area contributed by atoms with E-state index in [-0.39, 0.29) is 0 Å². The minimum atomic E-state index is -1.59. The van der Waals surface area contributed by atoms with Crippen molar-refractivity contribution in [3.63, 3.8) is 0 Å². The van der Waals surface area contributed by atoms with Crippen LogP contribution < -0.4 is 5.19 Å². The monoisotopic (exact) mass is 387 g/mol. The minimum Gasteiger partial charge on any atom is -0.0654 e. The van der Waals surface area contributed by atoms with Crippen LogP contribution in [0, 0.1) is 6.42 Å². The quantitative estimate of drug-likeness (QED) is 0.323. The second-order valence-corrected chi connectivity index (χ2v) is 13.7. The first-order chi connectivity index (χ1) is 13.5. The predicted octanol–water partition coefficient (Wildman–Crippen LogP) is 7.63. The highest BCUT2D eigenvalue weighted by atomic mass is 28.3. The molecular formula is C27H35Si. The van der Waals surface area contributed by atoms with Gasteiger partial charge in [0.15, 0.2) is 0 Å². The second kappa shape index (κ2) is 7.67. The van der Waals surface area contributed by atoms with Crippen LogP contribution in [0.2, 0.25) is 13.1 Å². The first-order valence-corrected chi connectivity index (χ1v) is 14.4. The zero-order chi connectivity index (χ0) is 19.9. The van der Waals surface area contributed by atoms with E-state index in [1.54, 1.807) is 27.1 Å². The van der Waals surface area contributed by atoms with Gasteiger partial charge in [0, 0.05) is 6.42 Å². The number of rotatable bonds is 8. The van der Waals surface area contributed by atoms with Crippen LogP contribution in [0.25, 0.3) is 16.3 Å². The molecule has 0 amide bonds. The van der Waals surface area contributed by atoms with Crippen molar-refractivity contribution in [1.29, 1.82) is 0 Å². The molecule has 0 saturated carbocycles. The Morgan fingerprint density at radius 3 is 2.29 bits per heavy atom. The van der Waals surface area contributed by atoms with Crippen molar-refractivity contribution in [3.05, 3.63) is 65.1 Å². The summed E-state index contributed by atoms with van der Waals surface area (Å²) in [5.41, 5.74) is 9.18. The number of allylic oxidation sites excluding steroid dienone is 1. The van der Waals surface area contributed by atoms with Crippen LogP contribution in [0.5, 0.6) is 0 Å². The lowest BCUT2D eigenvalue weighted by Gasteiger charge is -2.22. The van der Waals surface area contributed by atoms with Crippen molar-refractivity contribution in [3.8, 4) is 11.1 Å². The van der Waals surface area contributed by atoms with Crippen molar-refractivity contribution in [2.75, 3.05) is 0 Å². The van der Waals surface area contributed by atoms with E-state index < -0.39 is 8.07 Å². The van der Waals surface area contributed by atoms with E-state index in [1.165, 1.54) is 55.2 Å².